The first-order chi connectivity index (χ1) is 11.0. The van der Waals surface area contributed by atoms with E-state index < -0.39 is 5.91 Å². The zero-order chi connectivity index (χ0) is 16.4. The lowest BCUT2D eigenvalue weighted by Gasteiger charge is -2.07. The van der Waals surface area contributed by atoms with Crippen LogP contribution in [0.15, 0.2) is 34.9 Å². The Balaban J connectivity index is 1.67. The van der Waals surface area contributed by atoms with Crippen LogP contribution in [-0.2, 0) is 6.54 Å². The fraction of sp³-hybridized carbons (Fsp3) is 0.133. The van der Waals surface area contributed by atoms with Crippen LogP contribution in [-0.4, -0.2) is 23.6 Å². The van der Waals surface area contributed by atoms with Crippen LogP contribution in [0.25, 0.3) is 0 Å². The first-order valence-electron chi connectivity index (χ1n) is 6.66. The molecule has 1 aliphatic rings. The number of hydrogen-bond donors (Lipinski definition) is 2. The maximum absolute atomic E-state index is 12.1. The van der Waals surface area contributed by atoms with Crippen LogP contribution in [0.1, 0.15) is 26.4 Å². The minimum absolute atomic E-state index is 0.180. The van der Waals surface area contributed by atoms with Gasteiger partial charge in [-0.2, -0.15) is 0 Å². The van der Waals surface area contributed by atoms with Gasteiger partial charge >= 0.3 is 0 Å². The minimum Gasteiger partial charge on any atom is -0.454 e. The van der Waals surface area contributed by atoms with Crippen LogP contribution in [0.5, 0.6) is 11.5 Å². The van der Waals surface area contributed by atoms with Gasteiger partial charge in [0.05, 0.1) is 10.0 Å². The quantitative estimate of drug-likeness (QED) is 0.841. The monoisotopic (exact) mass is 377 g/mol. The van der Waals surface area contributed by atoms with E-state index in [2.05, 4.69) is 26.2 Å². The molecule has 3 rings (SSSR count). The zero-order valence-corrected chi connectivity index (χ0v) is 13.4. The molecule has 0 saturated heterocycles. The normalized spacial score (nSPS) is 12.0. The molecular formula is C15H12BrN3O4. The average molecular weight is 378 g/mol. The molecule has 3 N–H and O–H groups in total. The number of hydrogen-bond acceptors (Lipinski definition) is 5. The molecule has 0 fully saturated rings. The maximum Gasteiger partial charge on any atom is 0.270 e. The SMILES string of the molecule is NC(=O)c1ccc(C(=O)NCc2cc(Br)c3c(c2)OCO3)nc1. The summed E-state index contributed by atoms with van der Waals surface area (Å²) in [5.74, 6) is 0.348. The standard InChI is InChI=1S/C15H12BrN3O4/c16-10-3-8(4-12-13(10)23-7-22-12)5-19-15(21)11-2-1-9(6-18-11)14(17)20/h1-4,6H,5,7H2,(H2,17,20)(H,19,21). The molecule has 118 valence electrons. The molecule has 1 aromatic heterocycles. The number of aromatic nitrogens is 1. The number of carbonyl (C=O) groups is 2. The van der Waals surface area contributed by atoms with Crippen molar-refractivity contribution >= 4 is 27.7 Å². The highest BCUT2D eigenvalue weighted by Gasteiger charge is 2.18. The van der Waals surface area contributed by atoms with Crippen molar-refractivity contribution in [3.63, 3.8) is 0 Å². The Labute approximate surface area is 139 Å². The van der Waals surface area contributed by atoms with E-state index in [1.807, 2.05) is 6.07 Å². The van der Waals surface area contributed by atoms with Crippen molar-refractivity contribution in [3.05, 3.63) is 51.8 Å². The van der Waals surface area contributed by atoms with Crippen molar-refractivity contribution in [2.75, 3.05) is 6.79 Å². The van der Waals surface area contributed by atoms with E-state index in [0.717, 1.165) is 10.0 Å². The summed E-state index contributed by atoms with van der Waals surface area (Å²) in [6.07, 6.45) is 1.27. The summed E-state index contributed by atoms with van der Waals surface area (Å²) in [5.41, 5.74) is 6.43. The van der Waals surface area contributed by atoms with E-state index >= 15 is 0 Å². The Bertz CT molecular complexity index is 777. The highest BCUT2D eigenvalue weighted by Crippen LogP contribution is 2.39. The van der Waals surface area contributed by atoms with Gasteiger partial charge in [0, 0.05) is 12.7 Å². The zero-order valence-electron chi connectivity index (χ0n) is 11.8. The lowest BCUT2D eigenvalue weighted by Crippen LogP contribution is -2.24. The molecule has 0 bridgehead atoms. The second-order valence-corrected chi connectivity index (χ2v) is 5.64. The minimum atomic E-state index is -0.588. The average Bonchev–Trinajstić information content (AvgIpc) is 3.02. The number of fused-ring (bicyclic) bond motifs is 1. The van der Waals surface area contributed by atoms with Crippen molar-refractivity contribution < 1.29 is 19.1 Å². The lowest BCUT2D eigenvalue weighted by atomic mass is 10.2. The first kappa shape index (κ1) is 15.3. The Kier molecular flexibility index (Phi) is 4.16. The number of halogens is 1. The van der Waals surface area contributed by atoms with Gasteiger partial charge in [0.25, 0.3) is 5.91 Å². The first-order valence-corrected chi connectivity index (χ1v) is 7.46. The summed E-state index contributed by atoms with van der Waals surface area (Å²) >= 11 is 3.40. The molecule has 0 saturated carbocycles. The van der Waals surface area contributed by atoms with Gasteiger partial charge < -0.3 is 20.5 Å². The molecule has 8 heteroatoms. The molecule has 0 spiro atoms. The predicted octanol–water partition coefficient (Wildman–Crippen LogP) is 1.60. The number of pyridine rings is 1. The highest BCUT2D eigenvalue weighted by molar-refractivity contribution is 9.10. The molecule has 7 nitrogen and oxygen atoms in total. The highest BCUT2D eigenvalue weighted by atomic mass is 79.9. The molecule has 2 amide bonds. The van der Waals surface area contributed by atoms with Crippen LogP contribution in [0.3, 0.4) is 0 Å². The summed E-state index contributed by atoms with van der Waals surface area (Å²) in [6.45, 7) is 0.479. The molecule has 0 aliphatic carbocycles. The van der Waals surface area contributed by atoms with Crippen LogP contribution < -0.4 is 20.5 Å². The number of nitrogens with zero attached hydrogens (tertiary/aromatic N) is 1. The van der Waals surface area contributed by atoms with E-state index in [4.69, 9.17) is 15.2 Å². The summed E-state index contributed by atoms with van der Waals surface area (Å²) in [5, 5.41) is 2.75. The number of rotatable bonds is 4. The van der Waals surface area contributed by atoms with Crippen molar-refractivity contribution in [2.45, 2.75) is 6.54 Å². The third kappa shape index (κ3) is 3.26. The molecule has 0 unspecified atom stereocenters. The molecule has 0 radical (unpaired) electrons. The van der Waals surface area contributed by atoms with E-state index in [-0.39, 0.29) is 24.0 Å². The summed E-state index contributed by atoms with van der Waals surface area (Å²) in [6, 6.07) is 6.56. The van der Waals surface area contributed by atoms with E-state index in [0.29, 0.717) is 18.0 Å². The molecule has 1 aromatic carbocycles. The maximum atomic E-state index is 12.1. The number of benzene rings is 1. The van der Waals surface area contributed by atoms with Gasteiger partial charge in [-0.25, -0.2) is 0 Å². The number of amides is 2. The lowest BCUT2D eigenvalue weighted by molar-refractivity contribution is 0.0943. The van der Waals surface area contributed by atoms with E-state index in [9.17, 15) is 9.59 Å². The topological polar surface area (TPSA) is 104 Å². The van der Waals surface area contributed by atoms with Crippen LogP contribution in [0.2, 0.25) is 0 Å². The fourth-order valence-corrected chi connectivity index (χ4v) is 2.67. The Morgan fingerprint density at radius 3 is 2.83 bits per heavy atom. The third-order valence-corrected chi connectivity index (χ3v) is 3.81. The van der Waals surface area contributed by atoms with Crippen molar-refractivity contribution in [2.24, 2.45) is 5.73 Å². The predicted molar refractivity (Wildman–Crippen MR) is 84.2 cm³/mol. The van der Waals surface area contributed by atoms with Gasteiger partial charge in [-0.1, -0.05) is 0 Å². The Hall–Kier alpha value is -2.61. The molecule has 2 aromatic rings. The number of primary amides is 1. The van der Waals surface area contributed by atoms with Gasteiger partial charge in [-0.05, 0) is 45.8 Å². The largest absolute Gasteiger partial charge is 0.454 e. The molecular weight excluding hydrogens is 366 g/mol. The number of nitrogens with one attached hydrogen (secondary N) is 1. The van der Waals surface area contributed by atoms with E-state index in [1.54, 1.807) is 6.07 Å². The third-order valence-electron chi connectivity index (χ3n) is 3.22. The fourth-order valence-electron chi connectivity index (χ4n) is 2.07. The molecule has 0 atom stereocenters. The van der Waals surface area contributed by atoms with Crippen LogP contribution in [0, 0.1) is 0 Å². The molecule has 1 aliphatic heterocycles. The van der Waals surface area contributed by atoms with Gasteiger partial charge in [0.15, 0.2) is 11.5 Å². The van der Waals surface area contributed by atoms with Crippen molar-refractivity contribution in [1.82, 2.24) is 10.3 Å². The molecule has 23 heavy (non-hydrogen) atoms. The second kappa shape index (κ2) is 6.25. The Morgan fingerprint density at radius 2 is 2.13 bits per heavy atom. The second-order valence-electron chi connectivity index (χ2n) is 4.79. The number of carbonyl (C=O) groups excluding carboxylic acids is 2. The Morgan fingerprint density at radius 1 is 1.30 bits per heavy atom. The van der Waals surface area contributed by atoms with Gasteiger partial charge in [-0.3, -0.25) is 14.6 Å². The van der Waals surface area contributed by atoms with Gasteiger partial charge in [0.1, 0.15) is 5.69 Å². The summed E-state index contributed by atoms with van der Waals surface area (Å²) in [4.78, 5) is 27.0. The smallest absolute Gasteiger partial charge is 0.270 e. The van der Waals surface area contributed by atoms with Crippen molar-refractivity contribution in [1.29, 1.82) is 0 Å². The summed E-state index contributed by atoms with van der Waals surface area (Å²) in [7, 11) is 0. The number of nitrogens with two attached hydrogens (primary N) is 1. The van der Waals surface area contributed by atoms with Crippen LogP contribution in [0.4, 0.5) is 0 Å². The van der Waals surface area contributed by atoms with Crippen LogP contribution >= 0.6 is 15.9 Å². The summed E-state index contributed by atoms with van der Waals surface area (Å²) < 4.78 is 11.4. The molecule has 2 heterocycles. The van der Waals surface area contributed by atoms with Gasteiger partial charge in [-0.15, -0.1) is 0 Å². The van der Waals surface area contributed by atoms with Gasteiger partial charge in [0.2, 0.25) is 12.7 Å². The van der Waals surface area contributed by atoms with Crippen molar-refractivity contribution in [3.8, 4) is 11.5 Å². The van der Waals surface area contributed by atoms with E-state index in [1.165, 1.54) is 18.3 Å². The number of ether oxygens (including phenoxy) is 2.